The summed E-state index contributed by atoms with van der Waals surface area (Å²) in [5.41, 5.74) is 0. The Balaban J connectivity index is 0.000000686. The van der Waals surface area contributed by atoms with Crippen molar-refractivity contribution in [2.24, 2.45) is 0 Å². The average Bonchev–Trinajstić information content (AvgIpc) is 2.78. The quantitative estimate of drug-likeness (QED) is 0.826. The van der Waals surface area contributed by atoms with Gasteiger partial charge in [-0.1, -0.05) is 20.8 Å². The van der Waals surface area contributed by atoms with Crippen molar-refractivity contribution < 1.29 is 9.84 Å². The molecule has 1 N–H and O–H groups in total. The molecule has 3 heteroatoms. The van der Waals surface area contributed by atoms with Crippen molar-refractivity contribution in [3.05, 3.63) is 0 Å². The Kier molecular flexibility index (Phi) is 7.09. The van der Waals surface area contributed by atoms with Gasteiger partial charge in [-0.2, -0.15) is 0 Å². The molecule has 0 aromatic rings. The van der Waals surface area contributed by atoms with Crippen molar-refractivity contribution in [3.63, 3.8) is 0 Å². The molecule has 2 rings (SSSR count). The molecular formula is C14H29NO2. The van der Waals surface area contributed by atoms with Crippen molar-refractivity contribution in [2.45, 2.75) is 71.2 Å². The van der Waals surface area contributed by atoms with Crippen LogP contribution in [0.15, 0.2) is 0 Å². The number of aliphatic hydroxyl groups excluding tert-OH is 1. The van der Waals surface area contributed by atoms with Crippen molar-refractivity contribution >= 4 is 0 Å². The zero-order valence-corrected chi connectivity index (χ0v) is 11.7. The molecule has 1 aliphatic heterocycles. The van der Waals surface area contributed by atoms with Crippen molar-refractivity contribution in [2.75, 3.05) is 19.6 Å². The lowest BCUT2D eigenvalue weighted by Crippen LogP contribution is -2.38. The number of rotatable bonds is 3. The monoisotopic (exact) mass is 243 g/mol. The first kappa shape index (κ1) is 14.9. The summed E-state index contributed by atoms with van der Waals surface area (Å²) in [6.07, 6.45) is 5.84. The molecule has 102 valence electrons. The molecule has 0 aromatic heterocycles. The standard InChI is InChI=1S/C12H23NO2.C2H6/c1-2-13-7-5-11(6-8-13)15-12-4-3-10(14)9-12;1-2/h10-12,14H,2-9H2,1H3;1-2H3. The highest BCUT2D eigenvalue weighted by Gasteiger charge is 2.27. The van der Waals surface area contributed by atoms with Crippen molar-refractivity contribution in [1.29, 1.82) is 0 Å². The molecule has 2 fully saturated rings. The first-order chi connectivity index (χ1) is 8.28. The van der Waals surface area contributed by atoms with Crippen LogP contribution < -0.4 is 0 Å². The molecule has 1 heterocycles. The second-order valence-corrected chi connectivity index (χ2v) is 4.86. The third kappa shape index (κ3) is 4.94. The van der Waals surface area contributed by atoms with E-state index in [-0.39, 0.29) is 6.10 Å². The van der Waals surface area contributed by atoms with E-state index in [0.717, 1.165) is 25.8 Å². The van der Waals surface area contributed by atoms with Gasteiger partial charge < -0.3 is 14.7 Å². The largest absolute Gasteiger partial charge is 0.393 e. The molecule has 0 radical (unpaired) electrons. The van der Waals surface area contributed by atoms with Crippen LogP contribution in [0.2, 0.25) is 0 Å². The predicted octanol–water partition coefficient (Wildman–Crippen LogP) is 2.43. The van der Waals surface area contributed by atoms with E-state index in [2.05, 4.69) is 11.8 Å². The van der Waals surface area contributed by atoms with Crippen LogP contribution in [0.25, 0.3) is 0 Å². The van der Waals surface area contributed by atoms with E-state index >= 15 is 0 Å². The molecule has 1 saturated carbocycles. The molecular weight excluding hydrogens is 214 g/mol. The molecule has 1 aliphatic carbocycles. The van der Waals surface area contributed by atoms with E-state index in [4.69, 9.17) is 4.74 Å². The zero-order valence-electron chi connectivity index (χ0n) is 11.7. The molecule has 0 spiro atoms. The average molecular weight is 243 g/mol. The minimum atomic E-state index is -0.106. The molecule has 2 aliphatic rings. The van der Waals surface area contributed by atoms with E-state index in [0.29, 0.717) is 12.2 Å². The summed E-state index contributed by atoms with van der Waals surface area (Å²) in [5, 5.41) is 9.42. The van der Waals surface area contributed by atoms with Gasteiger partial charge in [0, 0.05) is 13.1 Å². The fourth-order valence-electron chi connectivity index (χ4n) is 2.67. The maximum absolute atomic E-state index is 9.42. The van der Waals surface area contributed by atoms with Crippen LogP contribution in [0.1, 0.15) is 52.9 Å². The third-order valence-electron chi connectivity index (χ3n) is 3.72. The number of piperidine rings is 1. The first-order valence-electron chi connectivity index (χ1n) is 7.33. The summed E-state index contributed by atoms with van der Waals surface area (Å²) >= 11 is 0. The van der Waals surface area contributed by atoms with Gasteiger partial charge in [0.25, 0.3) is 0 Å². The van der Waals surface area contributed by atoms with E-state index in [9.17, 15) is 5.11 Å². The second-order valence-electron chi connectivity index (χ2n) is 4.86. The van der Waals surface area contributed by atoms with Crippen LogP contribution in [0.4, 0.5) is 0 Å². The number of ether oxygens (including phenoxy) is 1. The van der Waals surface area contributed by atoms with Crippen LogP contribution in [0.5, 0.6) is 0 Å². The van der Waals surface area contributed by atoms with Crippen molar-refractivity contribution in [3.8, 4) is 0 Å². The summed E-state index contributed by atoms with van der Waals surface area (Å²) in [5.74, 6) is 0. The molecule has 3 nitrogen and oxygen atoms in total. The van der Waals surface area contributed by atoms with Gasteiger partial charge in [-0.15, -0.1) is 0 Å². The van der Waals surface area contributed by atoms with E-state index in [1.807, 2.05) is 13.8 Å². The molecule has 2 atom stereocenters. The van der Waals surface area contributed by atoms with Crippen LogP contribution in [-0.4, -0.2) is 48.0 Å². The highest BCUT2D eigenvalue weighted by atomic mass is 16.5. The van der Waals surface area contributed by atoms with Gasteiger partial charge in [0.15, 0.2) is 0 Å². The lowest BCUT2D eigenvalue weighted by Gasteiger charge is -2.32. The Hall–Kier alpha value is -0.120. The van der Waals surface area contributed by atoms with Gasteiger partial charge in [0.2, 0.25) is 0 Å². The summed E-state index contributed by atoms with van der Waals surface area (Å²) in [6.45, 7) is 9.73. The van der Waals surface area contributed by atoms with Gasteiger partial charge in [-0.05, 0) is 38.6 Å². The number of likely N-dealkylation sites (tertiary alicyclic amines) is 1. The maximum atomic E-state index is 9.42. The Labute approximate surface area is 106 Å². The fraction of sp³-hybridized carbons (Fsp3) is 1.00. The maximum Gasteiger partial charge on any atom is 0.0604 e. The number of nitrogens with zero attached hydrogens (tertiary/aromatic N) is 1. The Morgan fingerprint density at radius 1 is 1.06 bits per heavy atom. The normalized spacial score (nSPS) is 31.1. The molecule has 17 heavy (non-hydrogen) atoms. The molecule has 0 aromatic carbocycles. The Morgan fingerprint density at radius 3 is 2.18 bits per heavy atom. The highest BCUT2D eigenvalue weighted by Crippen LogP contribution is 2.25. The van der Waals surface area contributed by atoms with E-state index < -0.39 is 0 Å². The minimum Gasteiger partial charge on any atom is -0.393 e. The smallest absolute Gasteiger partial charge is 0.0604 e. The van der Waals surface area contributed by atoms with Crippen LogP contribution in [0.3, 0.4) is 0 Å². The topological polar surface area (TPSA) is 32.7 Å². The number of hydrogen-bond donors (Lipinski definition) is 1. The van der Waals surface area contributed by atoms with Crippen LogP contribution in [0, 0.1) is 0 Å². The summed E-state index contributed by atoms with van der Waals surface area (Å²) < 4.78 is 6.03. The third-order valence-corrected chi connectivity index (χ3v) is 3.72. The van der Waals surface area contributed by atoms with Crippen LogP contribution >= 0.6 is 0 Å². The number of hydrogen-bond acceptors (Lipinski definition) is 3. The first-order valence-corrected chi connectivity index (χ1v) is 7.33. The van der Waals surface area contributed by atoms with Gasteiger partial charge in [-0.3, -0.25) is 0 Å². The molecule has 1 saturated heterocycles. The fourth-order valence-corrected chi connectivity index (χ4v) is 2.67. The summed E-state index contributed by atoms with van der Waals surface area (Å²) in [6, 6.07) is 0. The number of aliphatic hydroxyl groups is 1. The van der Waals surface area contributed by atoms with E-state index in [1.165, 1.54) is 25.9 Å². The van der Waals surface area contributed by atoms with Gasteiger partial charge in [0.05, 0.1) is 18.3 Å². The lowest BCUT2D eigenvalue weighted by molar-refractivity contribution is -0.0423. The zero-order chi connectivity index (χ0) is 12.7. The lowest BCUT2D eigenvalue weighted by atomic mass is 10.1. The van der Waals surface area contributed by atoms with Gasteiger partial charge in [-0.25, -0.2) is 0 Å². The molecule has 0 amide bonds. The van der Waals surface area contributed by atoms with Gasteiger partial charge >= 0.3 is 0 Å². The summed E-state index contributed by atoms with van der Waals surface area (Å²) in [7, 11) is 0. The van der Waals surface area contributed by atoms with Crippen LogP contribution in [-0.2, 0) is 4.74 Å². The molecule has 2 unspecified atom stereocenters. The Morgan fingerprint density at radius 2 is 1.71 bits per heavy atom. The molecule has 0 bridgehead atoms. The highest BCUT2D eigenvalue weighted by molar-refractivity contribution is 4.78. The van der Waals surface area contributed by atoms with E-state index in [1.54, 1.807) is 0 Å². The SMILES string of the molecule is CC.CCN1CCC(OC2CCC(O)C2)CC1. The summed E-state index contributed by atoms with van der Waals surface area (Å²) in [4.78, 5) is 2.48. The second kappa shape index (κ2) is 8.06. The Bertz CT molecular complexity index is 191. The van der Waals surface area contributed by atoms with Crippen molar-refractivity contribution in [1.82, 2.24) is 4.90 Å². The predicted molar refractivity (Wildman–Crippen MR) is 71.2 cm³/mol. The van der Waals surface area contributed by atoms with Gasteiger partial charge in [0.1, 0.15) is 0 Å². The minimum absolute atomic E-state index is 0.106.